The lowest BCUT2D eigenvalue weighted by molar-refractivity contribution is -0.143. The van der Waals surface area contributed by atoms with Crippen LogP contribution in [0.1, 0.15) is 61.4 Å². The summed E-state index contributed by atoms with van der Waals surface area (Å²) < 4.78 is 7.90. The van der Waals surface area contributed by atoms with E-state index in [0.29, 0.717) is 30.3 Å². The van der Waals surface area contributed by atoms with Crippen LogP contribution in [0, 0.1) is 12.8 Å². The predicted molar refractivity (Wildman–Crippen MR) is 127 cm³/mol. The Morgan fingerprint density at radius 3 is 2.85 bits per heavy atom. The van der Waals surface area contributed by atoms with Crippen molar-refractivity contribution in [1.82, 2.24) is 25.0 Å². The number of nitrogens with zero attached hydrogens (tertiary/aromatic N) is 5. The summed E-state index contributed by atoms with van der Waals surface area (Å²) in [6.07, 6.45) is 7.24. The predicted octanol–water partition coefficient (Wildman–Crippen LogP) is 4.09. The Bertz CT molecular complexity index is 1190. The van der Waals surface area contributed by atoms with Crippen molar-refractivity contribution in [3.63, 3.8) is 0 Å². The Balaban J connectivity index is 1.29. The molecule has 0 bridgehead atoms. The first-order chi connectivity index (χ1) is 16.5. The van der Waals surface area contributed by atoms with E-state index in [4.69, 9.17) is 9.72 Å². The van der Waals surface area contributed by atoms with Crippen LogP contribution >= 0.6 is 0 Å². The minimum atomic E-state index is -0.739. The number of nitrogens with one attached hydrogen (secondary N) is 1. The van der Waals surface area contributed by atoms with Gasteiger partial charge in [-0.1, -0.05) is 5.21 Å². The first kappa shape index (κ1) is 22.3. The number of anilines is 1. The van der Waals surface area contributed by atoms with Crippen LogP contribution in [-0.4, -0.2) is 42.1 Å². The van der Waals surface area contributed by atoms with E-state index in [1.54, 1.807) is 4.68 Å². The second-order valence-corrected chi connectivity index (χ2v) is 9.33. The van der Waals surface area contributed by atoms with E-state index in [2.05, 4.69) is 32.7 Å². The van der Waals surface area contributed by atoms with Gasteiger partial charge in [0.2, 0.25) is 0 Å². The average Bonchev–Trinajstić information content (AvgIpc) is 3.62. The molecule has 5 rings (SSSR count). The van der Waals surface area contributed by atoms with Crippen molar-refractivity contribution in [3.8, 4) is 17.1 Å². The number of aliphatic carboxylic acids is 1. The zero-order chi connectivity index (χ0) is 23.7. The highest BCUT2D eigenvalue weighted by Gasteiger charge is 2.28. The molecule has 2 N–H and O–H groups in total. The topological polar surface area (TPSA) is 115 Å². The van der Waals surface area contributed by atoms with Crippen molar-refractivity contribution in [2.75, 3.05) is 5.32 Å². The Morgan fingerprint density at radius 2 is 2.09 bits per heavy atom. The van der Waals surface area contributed by atoms with Crippen LogP contribution in [0.25, 0.3) is 11.4 Å². The van der Waals surface area contributed by atoms with Crippen LogP contribution in [0.4, 0.5) is 5.82 Å². The van der Waals surface area contributed by atoms with E-state index in [9.17, 15) is 9.90 Å². The Morgan fingerprint density at radius 1 is 1.24 bits per heavy atom. The standard InChI is InChI=1S/C25H30N6O3/c1-15-22(34-19-5-3-4-18(12-19)25(32)33)9-8-20(28-15)24-21(31(2)30-29-24)14-27-23-13-17(10-11-26-23)16-6-7-16/h8-11,13,16,18-19H,3-7,12,14H2,1-2H3,(H,26,27)(H,32,33)/t18-,19-/m0/s1. The maximum Gasteiger partial charge on any atom is 0.306 e. The molecule has 2 fully saturated rings. The highest BCUT2D eigenvalue weighted by molar-refractivity contribution is 5.70. The van der Waals surface area contributed by atoms with Crippen molar-refractivity contribution < 1.29 is 14.6 Å². The van der Waals surface area contributed by atoms with Gasteiger partial charge in [-0.05, 0) is 81.2 Å². The van der Waals surface area contributed by atoms with Crippen molar-refractivity contribution in [2.24, 2.45) is 13.0 Å². The van der Waals surface area contributed by atoms with E-state index >= 15 is 0 Å². The quantitative estimate of drug-likeness (QED) is 0.514. The normalized spacial score (nSPS) is 20.2. The number of carboxylic acid groups (broad SMARTS) is 1. The molecule has 0 aliphatic heterocycles. The van der Waals surface area contributed by atoms with E-state index in [1.165, 1.54) is 18.4 Å². The molecule has 0 unspecified atom stereocenters. The Hall–Kier alpha value is -3.49. The largest absolute Gasteiger partial charge is 0.489 e. The molecule has 0 spiro atoms. The molecular weight excluding hydrogens is 432 g/mol. The lowest BCUT2D eigenvalue weighted by atomic mass is 9.87. The smallest absolute Gasteiger partial charge is 0.306 e. The summed E-state index contributed by atoms with van der Waals surface area (Å²) >= 11 is 0. The molecule has 0 saturated heterocycles. The van der Waals surface area contributed by atoms with E-state index in [-0.39, 0.29) is 12.0 Å². The van der Waals surface area contributed by atoms with E-state index in [1.807, 2.05) is 32.3 Å². The molecular formula is C25H30N6O3. The van der Waals surface area contributed by atoms with Crippen LogP contribution in [-0.2, 0) is 18.4 Å². The van der Waals surface area contributed by atoms with Gasteiger partial charge in [-0.15, -0.1) is 5.10 Å². The molecule has 34 heavy (non-hydrogen) atoms. The fourth-order valence-electron chi connectivity index (χ4n) is 4.62. The summed E-state index contributed by atoms with van der Waals surface area (Å²) in [6, 6.07) is 8.00. The molecule has 3 aromatic heterocycles. The minimum absolute atomic E-state index is 0.101. The van der Waals surface area contributed by atoms with E-state index < -0.39 is 5.97 Å². The van der Waals surface area contributed by atoms with Gasteiger partial charge in [-0.2, -0.15) is 0 Å². The first-order valence-electron chi connectivity index (χ1n) is 11.9. The van der Waals surface area contributed by atoms with Crippen LogP contribution in [0.5, 0.6) is 5.75 Å². The minimum Gasteiger partial charge on any atom is -0.489 e. The second-order valence-electron chi connectivity index (χ2n) is 9.33. The lowest BCUT2D eigenvalue weighted by Gasteiger charge is -2.27. The molecule has 0 aromatic carbocycles. The number of carbonyl (C=O) groups is 1. The van der Waals surface area contributed by atoms with Gasteiger partial charge >= 0.3 is 5.97 Å². The van der Waals surface area contributed by atoms with Gasteiger partial charge in [0.15, 0.2) is 0 Å². The molecule has 3 heterocycles. The zero-order valence-corrected chi connectivity index (χ0v) is 19.6. The fraction of sp³-hybridized carbons (Fsp3) is 0.480. The molecule has 0 amide bonds. The van der Waals surface area contributed by atoms with Gasteiger partial charge < -0.3 is 15.2 Å². The van der Waals surface area contributed by atoms with Crippen molar-refractivity contribution in [1.29, 1.82) is 0 Å². The zero-order valence-electron chi connectivity index (χ0n) is 19.6. The molecule has 2 aliphatic rings. The summed E-state index contributed by atoms with van der Waals surface area (Å²) in [5, 5.41) is 21.3. The lowest BCUT2D eigenvalue weighted by Crippen LogP contribution is -2.29. The van der Waals surface area contributed by atoms with Crippen molar-refractivity contribution >= 4 is 11.8 Å². The summed E-state index contributed by atoms with van der Waals surface area (Å²) in [4.78, 5) is 20.5. The highest BCUT2D eigenvalue weighted by Crippen LogP contribution is 2.40. The molecule has 9 nitrogen and oxygen atoms in total. The third kappa shape index (κ3) is 4.88. The number of aromatic nitrogens is 5. The highest BCUT2D eigenvalue weighted by atomic mass is 16.5. The van der Waals surface area contributed by atoms with Gasteiger partial charge in [0.25, 0.3) is 0 Å². The third-order valence-electron chi connectivity index (χ3n) is 6.76. The number of aryl methyl sites for hydroxylation is 2. The number of ether oxygens (including phenoxy) is 1. The molecule has 2 saturated carbocycles. The number of pyridine rings is 2. The van der Waals surface area contributed by atoms with Gasteiger partial charge in [0, 0.05) is 13.2 Å². The summed E-state index contributed by atoms with van der Waals surface area (Å²) in [5.41, 5.74) is 4.43. The van der Waals surface area contributed by atoms with Crippen molar-refractivity contribution in [3.05, 3.63) is 47.4 Å². The molecule has 178 valence electrons. The maximum absolute atomic E-state index is 11.4. The van der Waals surface area contributed by atoms with Crippen molar-refractivity contribution in [2.45, 2.75) is 64.0 Å². The first-order valence-corrected chi connectivity index (χ1v) is 11.9. The van der Waals surface area contributed by atoms with Crippen LogP contribution in [0.3, 0.4) is 0 Å². The SMILES string of the molecule is Cc1nc(-c2nnn(C)c2CNc2cc(C3CC3)ccn2)ccc1O[C@H]1CCC[C@H](C(=O)O)C1. The van der Waals surface area contributed by atoms with Gasteiger partial charge in [-0.3, -0.25) is 4.79 Å². The molecule has 3 aromatic rings. The number of hydrogen-bond donors (Lipinski definition) is 2. The average molecular weight is 463 g/mol. The van der Waals surface area contributed by atoms with Crippen LogP contribution in [0.2, 0.25) is 0 Å². The number of hydrogen-bond acceptors (Lipinski definition) is 7. The third-order valence-corrected chi connectivity index (χ3v) is 6.76. The summed E-state index contributed by atoms with van der Waals surface area (Å²) in [6.45, 7) is 2.43. The molecule has 9 heteroatoms. The van der Waals surface area contributed by atoms with Gasteiger partial charge in [0.05, 0.1) is 35.6 Å². The van der Waals surface area contributed by atoms with Gasteiger partial charge in [0.1, 0.15) is 17.3 Å². The maximum atomic E-state index is 11.4. The molecule has 2 atom stereocenters. The summed E-state index contributed by atoms with van der Waals surface area (Å²) in [5.74, 6) is 1.13. The second kappa shape index (κ2) is 9.40. The van der Waals surface area contributed by atoms with Gasteiger partial charge in [-0.25, -0.2) is 14.6 Å². The number of rotatable bonds is 8. The fourth-order valence-corrected chi connectivity index (χ4v) is 4.62. The number of carboxylic acids is 1. The Labute approximate surface area is 198 Å². The van der Waals surface area contributed by atoms with E-state index in [0.717, 1.165) is 42.2 Å². The monoisotopic (exact) mass is 462 g/mol. The van der Waals surface area contributed by atoms with Crippen LogP contribution in [0.15, 0.2) is 30.5 Å². The Kier molecular flexibility index (Phi) is 6.17. The molecule has 2 aliphatic carbocycles. The van der Waals surface area contributed by atoms with Crippen LogP contribution < -0.4 is 10.1 Å². The molecule has 0 radical (unpaired) electrons. The summed E-state index contributed by atoms with van der Waals surface area (Å²) in [7, 11) is 1.87.